The molecule has 2 fully saturated rings. The first-order chi connectivity index (χ1) is 13.1. The topological polar surface area (TPSA) is 61.9 Å². The van der Waals surface area contributed by atoms with Crippen LogP contribution in [0.3, 0.4) is 0 Å². The first-order valence-electron chi connectivity index (χ1n) is 9.98. The van der Waals surface area contributed by atoms with Crippen LogP contribution in [0.4, 0.5) is 5.69 Å². The van der Waals surface area contributed by atoms with E-state index in [2.05, 4.69) is 10.2 Å². The van der Waals surface area contributed by atoms with E-state index >= 15 is 0 Å². The summed E-state index contributed by atoms with van der Waals surface area (Å²) in [6.45, 7) is 1.35. The van der Waals surface area contributed by atoms with Gasteiger partial charge in [-0.25, -0.2) is 0 Å². The Balaban J connectivity index is 1.48. The number of benzene rings is 1. The summed E-state index contributed by atoms with van der Waals surface area (Å²) in [4.78, 5) is 29.0. The lowest BCUT2D eigenvalue weighted by molar-refractivity contribution is -0.138. The van der Waals surface area contributed by atoms with E-state index in [1.54, 1.807) is 36.3 Å². The monoisotopic (exact) mass is 373 g/mol. The number of fused-ring (bicyclic) bond motifs is 1. The van der Waals surface area contributed by atoms with Gasteiger partial charge >= 0.3 is 0 Å². The van der Waals surface area contributed by atoms with E-state index in [1.165, 1.54) is 25.7 Å². The van der Waals surface area contributed by atoms with Gasteiger partial charge in [-0.2, -0.15) is 0 Å². The Kier molecular flexibility index (Phi) is 6.72. The average Bonchev–Trinajstić information content (AvgIpc) is 2.67. The van der Waals surface area contributed by atoms with Crippen LogP contribution in [0.25, 0.3) is 0 Å². The van der Waals surface area contributed by atoms with Crippen molar-refractivity contribution in [3.05, 3.63) is 24.3 Å². The van der Waals surface area contributed by atoms with E-state index in [-0.39, 0.29) is 18.4 Å². The van der Waals surface area contributed by atoms with Gasteiger partial charge in [-0.15, -0.1) is 0 Å². The molecular formula is C21H31N3O3. The summed E-state index contributed by atoms with van der Waals surface area (Å²) in [5.41, 5.74) is 0.724. The Morgan fingerprint density at radius 2 is 1.81 bits per heavy atom. The number of hydrogen-bond acceptors (Lipinski definition) is 4. The fraction of sp³-hybridized carbons (Fsp3) is 0.619. The summed E-state index contributed by atoms with van der Waals surface area (Å²) in [5.74, 6) is 1.47. The van der Waals surface area contributed by atoms with Crippen molar-refractivity contribution in [2.24, 2.45) is 5.92 Å². The number of ether oxygens (including phenoxy) is 1. The van der Waals surface area contributed by atoms with Gasteiger partial charge in [-0.05, 0) is 62.9 Å². The van der Waals surface area contributed by atoms with Gasteiger partial charge in [0.25, 0.3) is 0 Å². The van der Waals surface area contributed by atoms with Crippen molar-refractivity contribution in [3.8, 4) is 5.75 Å². The second kappa shape index (κ2) is 9.22. The van der Waals surface area contributed by atoms with Gasteiger partial charge in [0.05, 0.1) is 20.2 Å². The molecule has 1 N–H and O–H groups in total. The normalized spacial score (nSPS) is 22.3. The first-order valence-corrected chi connectivity index (χ1v) is 9.98. The molecule has 2 atom stereocenters. The number of amides is 2. The predicted octanol–water partition coefficient (Wildman–Crippen LogP) is 2.75. The quantitative estimate of drug-likeness (QED) is 0.833. The Morgan fingerprint density at radius 3 is 2.56 bits per heavy atom. The molecule has 1 aromatic rings. The number of likely N-dealkylation sites (tertiary alicyclic amines) is 1. The molecule has 1 saturated carbocycles. The maximum atomic E-state index is 12.8. The molecule has 0 bridgehead atoms. The van der Waals surface area contributed by atoms with Crippen molar-refractivity contribution < 1.29 is 14.3 Å². The highest BCUT2D eigenvalue weighted by Crippen LogP contribution is 2.35. The maximum absolute atomic E-state index is 12.8. The number of carbonyl (C=O) groups is 2. The van der Waals surface area contributed by atoms with Crippen molar-refractivity contribution in [2.45, 2.75) is 44.6 Å². The van der Waals surface area contributed by atoms with Gasteiger partial charge in [0.2, 0.25) is 11.8 Å². The largest absolute Gasteiger partial charge is 0.497 e. The third-order valence-electron chi connectivity index (χ3n) is 5.76. The summed E-state index contributed by atoms with van der Waals surface area (Å²) >= 11 is 0. The van der Waals surface area contributed by atoms with Gasteiger partial charge in [0.15, 0.2) is 0 Å². The fourth-order valence-electron chi connectivity index (χ4n) is 4.43. The van der Waals surface area contributed by atoms with E-state index in [0.29, 0.717) is 18.5 Å². The number of nitrogens with one attached hydrogen (secondary N) is 1. The highest BCUT2D eigenvalue weighted by Gasteiger charge is 2.35. The van der Waals surface area contributed by atoms with Crippen LogP contribution in [0, 0.1) is 5.92 Å². The molecule has 1 aliphatic carbocycles. The number of rotatable bonds is 6. The Bertz CT molecular complexity index is 645. The van der Waals surface area contributed by atoms with Crippen molar-refractivity contribution in [1.29, 1.82) is 0 Å². The molecule has 0 spiro atoms. The highest BCUT2D eigenvalue weighted by atomic mass is 16.5. The molecule has 6 nitrogen and oxygen atoms in total. The SMILES string of the molecule is COc1ccc(NC(=O)CN(C)CC(=O)N2CCC[C@H]3CCCC[C@@H]32)cc1. The summed E-state index contributed by atoms with van der Waals surface area (Å²) < 4.78 is 5.11. The van der Waals surface area contributed by atoms with Gasteiger partial charge in [0, 0.05) is 18.3 Å². The van der Waals surface area contributed by atoms with E-state index < -0.39 is 0 Å². The standard InChI is InChI=1S/C21H31N3O3/c1-23(14-20(25)22-17-9-11-18(27-2)12-10-17)15-21(26)24-13-5-7-16-6-3-4-8-19(16)24/h9-12,16,19H,3-8,13-15H2,1-2H3,(H,22,25)/t16-,19+/m1/s1. The van der Waals surface area contributed by atoms with E-state index in [0.717, 1.165) is 30.8 Å². The Hall–Kier alpha value is -2.08. The van der Waals surface area contributed by atoms with Crippen LogP contribution < -0.4 is 10.1 Å². The number of anilines is 1. The molecule has 2 aliphatic rings. The molecule has 0 unspecified atom stereocenters. The summed E-state index contributed by atoms with van der Waals surface area (Å²) in [5, 5.41) is 2.86. The lowest BCUT2D eigenvalue weighted by Crippen LogP contribution is -2.52. The van der Waals surface area contributed by atoms with Crippen molar-refractivity contribution >= 4 is 17.5 Å². The summed E-state index contributed by atoms with van der Waals surface area (Å²) in [6, 6.07) is 7.64. The lowest BCUT2D eigenvalue weighted by Gasteiger charge is -2.44. The van der Waals surface area contributed by atoms with Crippen LogP contribution >= 0.6 is 0 Å². The second-order valence-corrected chi connectivity index (χ2v) is 7.79. The van der Waals surface area contributed by atoms with Crippen molar-refractivity contribution in [2.75, 3.05) is 39.1 Å². The predicted molar refractivity (Wildman–Crippen MR) is 106 cm³/mol. The zero-order valence-electron chi connectivity index (χ0n) is 16.4. The zero-order chi connectivity index (χ0) is 19.2. The zero-order valence-corrected chi connectivity index (χ0v) is 16.4. The molecule has 0 radical (unpaired) electrons. The van der Waals surface area contributed by atoms with E-state index in [1.807, 2.05) is 7.05 Å². The molecule has 6 heteroatoms. The van der Waals surface area contributed by atoms with Crippen LogP contribution in [0.2, 0.25) is 0 Å². The van der Waals surface area contributed by atoms with Gasteiger partial charge in [-0.3, -0.25) is 14.5 Å². The van der Waals surface area contributed by atoms with Crippen LogP contribution in [0.5, 0.6) is 5.75 Å². The molecule has 1 saturated heterocycles. The average molecular weight is 373 g/mol. The second-order valence-electron chi connectivity index (χ2n) is 7.79. The fourth-order valence-corrected chi connectivity index (χ4v) is 4.43. The molecule has 2 amide bonds. The van der Waals surface area contributed by atoms with E-state index in [9.17, 15) is 9.59 Å². The third-order valence-corrected chi connectivity index (χ3v) is 5.76. The van der Waals surface area contributed by atoms with Crippen LogP contribution in [0.1, 0.15) is 38.5 Å². The first kappa shape index (κ1) is 19.7. The molecular weight excluding hydrogens is 342 g/mol. The van der Waals surface area contributed by atoms with Gasteiger partial charge in [0.1, 0.15) is 5.75 Å². The number of hydrogen-bond donors (Lipinski definition) is 1. The summed E-state index contributed by atoms with van der Waals surface area (Å²) in [6.07, 6.45) is 7.29. The van der Waals surface area contributed by atoms with Crippen molar-refractivity contribution in [3.63, 3.8) is 0 Å². The molecule has 148 valence electrons. The van der Waals surface area contributed by atoms with Crippen LogP contribution in [0.15, 0.2) is 24.3 Å². The number of likely N-dealkylation sites (N-methyl/N-ethyl adjacent to an activating group) is 1. The summed E-state index contributed by atoms with van der Waals surface area (Å²) in [7, 11) is 3.44. The number of carbonyl (C=O) groups excluding carboxylic acids is 2. The third kappa shape index (κ3) is 5.22. The Morgan fingerprint density at radius 1 is 1.11 bits per heavy atom. The van der Waals surface area contributed by atoms with E-state index in [4.69, 9.17) is 4.74 Å². The minimum absolute atomic E-state index is 0.121. The lowest BCUT2D eigenvalue weighted by atomic mass is 9.78. The number of nitrogens with zero attached hydrogens (tertiary/aromatic N) is 2. The smallest absolute Gasteiger partial charge is 0.238 e. The molecule has 1 heterocycles. The molecule has 1 aromatic carbocycles. The molecule has 3 rings (SSSR count). The minimum atomic E-state index is -0.121. The van der Waals surface area contributed by atoms with Gasteiger partial charge in [-0.1, -0.05) is 12.8 Å². The van der Waals surface area contributed by atoms with Gasteiger partial charge < -0.3 is 15.0 Å². The minimum Gasteiger partial charge on any atom is -0.497 e. The Labute approximate surface area is 161 Å². The highest BCUT2D eigenvalue weighted by molar-refractivity contribution is 5.92. The molecule has 1 aliphatic heterocycles. The molecule has 0 aromatic heterocycles. The van der Waals surface area contributed by atoms with Crippen LogP contribution in [-0.4, -0.2) is 61.4 Å². The number of piperidine rings is 1. The molecule has 27 heavy (non-hydrogen) atoms. The van der Waals surface area contributed by atoms with Crippen LogP contribution in [-0.2, 0) is 9.59 Å². The van der Waals surface area contributed by atoms with Crippen molar-refractivity contribution in [1.82, 2.24) is 9.80 Å². The maximum Gasteiger partial charge on any atom is 0.238 e. The number of methoxy groups -OCH3 is 1.